The number of fused-ring (bicyclic) bond motifs is 1. The molecule has 1 aromatic carbocycles. The van der Waals surface area contributed by atoms with Crippen molar-refractivity contribution in [3.63, 3.8) is 0 Å². The normalized spacial score (nSPS) is 14.0. The second kappa shape index (κ2) is 8.01. The molecule has 0 unspecified atom stereocenters. The van der Waals surface area contributed by atoms with Gasteiger partial charge in [-0.2, -0.15) is 10.5 Å². The number of hydrogen-bond donors (Lipinski definition) is 1. The molecule has 0 amide bonds. The van der Waals surface area contributed by atoms with Crippen molar-refractivity contribution in [1.29, 1.82) is 10.5 Å². The first-order chi connectivity index (χ1) is 14.4. The van der Waals surface area contributed by atoms with Crippen LogP contribution in [0, 0.1) is 29.6 Å². The minimum atomic E-state index is 0.160. The number of nitrogens with zero attached hydrogens (tertiary/aromatic N) is 3. The average Bonchev–Trinajstić information content (AvgIpc) is 3.26. The number of pyridine rings is 1. The van der Waals surface area contributed by atoms with E-state index in [-0.39, 0.29) is 5.82 Å². The van der Waals surface area contributed by atoms with Crippen LogP contribution < -0.4 is 5.73 Å². The summed E-state index contributed by atoms with van der Waals surface area (Å²) in [5, 5.41) is 19.9. The fraction of sp³-hybridized carbons (Fsp3) is 0.0870. The summed E-state index contributed by atoms with van der Waals surface area (Å²) in [6.45, 7) is 3.76. The molecule has 2 heterocycles. The number of hydrogen-bond acceptors (Lipinski definition) is 6. The molecule has 1 aliphatic rings. The Labute approximate surface area is 187 Å². The summed E-state index contributed by atoms with van der Waals surface area (Å²) in [6, 6.07) is 16.2. The highest BCUT2D eigenvalue weighted by Crippen LogP contribution is 2.45. The van der Waals surface area contributed by atoms with Crippen molar-refractivity contribution >= 4 is 57.7 Å². The number of nitriles is 2. The number of nitrogens with two attached hydrogens (primary N) is 1. The van der Waals surface area contributed by atoms with E-state index in [0.29, 0.717) is 21.9 Å². The lowest BCUT2D eigenvalue weighted by Gasteiger charge is -2.10. The number of benzene rings is 1. The smallest absolute Gasteiger partial charge is 0.142 e. The highest BCUT2D eigenvalue weighted by atomic mass is 35.5. The van der Waals surface area contributed by atoms with Crippen LogP contribution >= 0.6 is 34.7 Å². The molecule has 0 saturated heterocycles. The van der Waals surface area contributed by atoms with Gasteiger partial charge in [-0.15, -0.1) is 11.3 Å². The minimum absolute atomic E-state index is 0.160. The van der Waals surface area contributed by atoms with E-state index >= 15 is 0 Å². The Balaban J connectivity index is 1.76. The van der Waals surface area contributed by atoms with Gasteiger partial charge in [0.2, 0.25) is 0 Å². The van der Waals surface area contributed by atoms with Gasteiger partial charge in [0, 0.05) is 20.4 Å². The molecule has 2 N–H and O–H groups in total. The summed E-state index contributed by atoms with van der Waals surface area (Å²) in [5.41, 5.74) is 10.7. The van der Waals surface area contributed by atoms with Crippen LogP contribution in [0.2, 0.25) is 5.02 Å². The Morgan fingerprint density at radius 1 is 1.10 bits per heavy atom. The number of anilines is 1. The fourth-order valence-electron chi connectivity index (χ4n) is 3.42. The third-order valence-electron chi connectivity index (χ3n) is 4.90. The summed E-state index contributed by atoms with van der Waals surface area (Å²) in [4.78, 5) is 6.54. The minimum Gasteiger partial charge on any atom is -0.383 e. The van der Waals surface area contributed by atoms with Gasteiger partial charge in [0.1, 0.15) is 18.0 Å². The number of aromatic nitrogens is 1. The monoisotopic (exact) mass is 446 g/mol. The predicted octanol–water partition coefficient (Wildman–Crippen LogP) is 6.56. The van der Waals surface area contributed by atoms with Gasteiger partial charge in [-0.05, 0) is 73.0 Å². The van der Waals surface area contributed by atoms with Crippen LogP contribution in [0.5, 0.6) is 0 Å². The van der Waals surface area contributed by atoms with Crippen LogP contribution in [-0.2, 0) is 0 Å². The quantitative estimate of drug-likeness (QED) is 0.492. The van der Waals surface area contributed by atoms with Gasteiger partial charge in [-0.1, -0.05) is 23.4 Å². The Morgan fingerprint density at radius 3 is 2.50 bits per heavy atom. The van der Waals surface area contributed by atoms with Crippen LogP contribution in [0.4, 0.5) is 5.82 Å². The standard InChI is InChI=1S/C23H15ClN4S2/c1-12-17(21-13(2)19(11-26)23(27)28-22(21)18(12)10-25)9-16-7-8-20(30-16)29-15-5-3-14(24)4-6-15/h3-9H,1-2H3,(H2,27,28)/b17-9-. The van der Waals surface area contributed by atoms with Gasteiger partial charge in [-0.25, -0.2) is 4.98 Å². The lowest BCUT2D eigenvalue weighted by atomic mass is 9.97. The van der Waals surface area contributed by atoms with Crippen molar-refractivity contribution in [3.05, 3.63) is 74.3 Å². The molecule has 1 aliphatic carbocycles. The highest BCUT2D eigenvalue weighted by molar-refractivity contribution is 8.01. The van der Waals surface area contributed by atoms with Crippen molar-refractivity contribution < 1.29 is 0 Å². The zero-order valence-corrected chi connectivity index (χ0v) is 18.5. The number of halogens is 1. The molecule has 3 aromatic rings. The predicted molar refractivity (Wildman–Crippen MR) is 124 cm³/mol. The van der Waals surface area contributed by atoms with Crippen molar-refractivity contribution in [2.45, 2.75) is 23.0 Å². The molecule has 2 aromatic heterocycles. The van der Waals surface area contributed by atoms with E-state index in [4.69, 9.17) is 17.3 Å². The van der Waals surface area contributed by atoms with Gasteiger partial charge in [0.15, 0.2) is 0 Å². The lowest BCUT2D eigenvalue weighted by molar-refractivity contribution is 1.22. The van der Waals surface area contributed by atoms with Crippen molar-refractivity contribution in [2.24, 2.45) is 0 Å². The topological polar surface area (TPSA) is 86.5 Å². The Hall–Kier alpha value is -3.03. The Kier molecular flexibility index (Phi) is 5.40. The molecule has 0 bridgehead atoms. The summed E-state index contributed by atoms with van der Waals surface area (Å²) in [7, 11) is 0. The average molecular weight is 447 g/mol. The maximum Gasteiger partial charge on any atom is 0.142 e. The second-order valence-electron chi connectivity index (χ2n) is 6.72. The molecule has 146 valence electrons. The zero-order valence-electron chi connectivity index (χ0n) is 16.2. The van der Waals surface area contributed by atoms with E-state index in [1.165, 1.54) is 0 Å². The molecule has 0 spiro atoms. The number of rotatable bonds is 3. The molecule has 4 nitrogen and oxygen atoms in total. The van der Waals surface area contributed by atoms with Crippen molar-refractivity contribution in [3.8, 4) is 12.1 Å². The molecule has 30 heavy (non-hydrogen) atoms. The molecular weight excluding hydrogens is 432 g/mol. The molecule has 0 saturated carbocycles. The molecule has 0 aliphatic heterocycles. The lowest BCUT2D eigenvalue weighted by Crippen LogP contribution is -2.03. The summed E-state index contributed by atoms with van der Waals surface area (Å²) in [6.07, 6.45) is 2.06. The first kappa shape index (κ1) is 20.3. The maximum atomic E-state index is 9.67. The molecule has 4 rings (SSSR count). The van der Waals surface area contributed by atoms with Gasteiger partial charge in [0.25, 0.3) is 0 Å². The van der Waals surface area contributed by atoms with E-state index in [1.807, 2.05) is 38.1 Å². The number of thiophene rings is 1. The Bertz CT molecular complexity index is 1320. The van der Waals surface area contributed by atoms with Gasteiger partial charge in [-0.3, -0.25) is 0 Å². The van der Waals surface area contributed by atoms with Crippen molar-refractivity contribution in [2.75, 3.05) is 5.73 Å². The maximum absolute atomic E-state index is 9.67. The number of nitrogen functional groups attached to an aromatic ring is 1. The van der Waals surface area contributed by atoms with Crippen LogP contribution in [0.25, 0.3) is 17.2 Å². The van der Waals surface area contributed by atoms with Gasteiger partial charge < -0.3 is 5.73 Å². The first-order valence-electron chi connectivity index (χ1n) is 9.00. The second-order valence-corrected chi connectivity index (χ2v) is 9.64. The van der Waals surface area contributed by atoms with E-state index in [9.17, 15) is 10.5 Å². The zero-order chi connectivity index (χ0) is 21.4. The molecule has 7 heteroatoms. The van der Waals surface area contributed by atoms with E-state index in [2.05, 4.69) is 35.3 Å². The Morgan fingerprint density at radius 2 is 1.83 bits per heavy atom. The summed E-state index contributed by atoms with van der Waals surface area (Å²) >= 11 is 9.30. The van der Waals surface area contributed by atoms with Gasteiger partial charge >= 0.3 is 0 Å². The highest BCUT2D eigenvalue weighted by Gasteiger charge is 2.29. The first-order valence-corrected chi connectivity index (χ1v) is 11.0. The van der Waals surface area contributed by atoms with Crippen LogP contribution in [0.15, 0.2) is 51.1 Å². The summed E-state index contributed by atoms with van der Waals surface area (Å²) < 4.78 is 1.15. The molecule has 0 radical (unpaired) electrons. The van der Waals surface area contributed by atoms with Crippen molar-refractivity contribution in [1.82, 2.24) is 4.98 Å². The van der Waals surface area contributed by atoms with Gasteiger partial charge in [0.05, 0.1) is 21.0 Å². The molecular formula is C23H15ClN4S2. The molecule has 0 atom stereocenters. The van der Waals surface area contributed by atoms with E-state index < -0.39 is 0 Å². The largest absolute Gasteiger partial charge is 0.383 e. The third kappa shape index (κ3) is 3.51. The number of allylic oxidation sites excluding steroid dienone is 3. The van der Waals surface area contributed by atoms with E-state index in [1.54, 1.807) is 23.1 Å². The SMILES string of the molecule is CC1=C(C#N)c2nc(N)c(C#N)c(C)c2/C1=C\c1ccc(Sc2ccc(Cl)cc2)s1. The molecule has 0 fully saturated rings. The van der Waals surface area contributed by atoms with Crippen LogP contribution in [0.1, 0.15) is 34.2 Å². The van der Waals surface area contributed by atoms with Crippen LogP contribution in [-0.4, -0.2) is 4.98 Å². The summed E-state index contributed by atoms with van der Waals surface area (Å²) in [5.74, 6) is 0.160. The third-order valence-corrected chi connectivity index (χ3v) is 7.33. The van der Waals surface area contributed by atoms with E-state index in [0.717, 1.165) is 36.3 Å². The fourth-order valence-corrected chi connectivity index (χ4v) is 5.62. The van der Waals surface area contributed by atoms with Crippen LogP contribution in [0.3, 0.4) is 0 Å².